The molecule has 1 aliphatic carbocycles. The van der Waals surface area contributed by atoms with Gasteiger partial charge in [-0.1, -0.05) is 29.8 Å². The zero-order valence-corrected chi connectivity index (χ0v) is 15.1. The van der Waals surface area contributed by atoms with E-state index in [4.69, 9.17) is 4.74 Å². The number of para-hydroxylation sites is 1. The van der Waals surface area contributed by atoms with Crippen LogP contribution in [0.25, 0.3) is 0 Å². The van der Waals surface area contributed by atoms with E-state index in [-0.39, 0.29) is 23.3 Å². The van der Waals surface area contributed by atoms with Crippen LogP contribution >= 0.6 is 0 Å². The van der Waals surface area contributed by atoms with E-state index in [0.29, 0.717) is 25.0 Å². The first-order valence-electron chi connectivity index (χ1n) is 10.2. The molecule has 5 nitrogen and oxygen atoms in total. The van der Waals surface area contributed by atoms with E-state index in [0.717, 1.165) is 37.9 Å². The molecule has 6 aliphatic rings. The van der Waals surface area contributed by atoms with E-state index >= 15 is 0 Å². The van der Waals surface area contributed by atoms with Gasteiger partial charge >= 0.3 is 0 Å². The Bertz CT molecular complexity index is 941. The molecule has 0 N–H and O–H groups in total. The largest absolute Gasteiger partial charge is 0.373 e. The van der Waals surface area contributed by atoms with Gasteiger partial charge in [-0.15, -0.1) is 0 Å². The van der Waals surface area contributed by atoms with Crippen LogP contribution in [0.3, 0.4) is 0 Å². The van der Waals surface area contributed by atoms with Crippen molar-refractivity contribution in [2.24, 2.45) is 11.8 Å². The number of rotatable bonds is 1. The number of amides is 1. The summed E-state index contributed by atoms with van der Waals surface area (Å²) in [6.45, 7) is 2.56. The summed E-state index contributed by atoms with van der Waals surface area (Å²) in [5.74, 6) is 0.458. The molecule has 4 fully saturated rings. The van der Waals surface area contributed by atoms with Crippen molar-refractivity contribution in [3.63, 3.8) is 0 Å². The molecule has 1 saturated carbocycles. The molecule has 3 saturated heterocycles. The maximum Gasteiger partial charge on any atom is 0.230 e. The summed E-state index contributed by atoms with van der Waals surface area (Å²) in [6, 6.07) is 8.62. The molecular weight excluding hydrogens is 340 g/mol. The minimum absolute atomic E-state index is 0.0505. The van der Waals surface area contributed by atoms with Crippen LogP contribution in [0.15, 0.2) is 35.9 Å². The minimum atomic E-state index is -0.803. The lowest BCUT2D eigenvalue weighted by Gasteiger charge is -2.63. The van der Waals surface area contributed by atoms with Gasteiger partial charge in [-0.25, -0.2) is 0 Å². The Kier molecular flexibility index (Phi) is 2.52. The summed E-state index contributed by atoms with van der Waals surface area (Å²) >= 11 is 0. The Morgan fingerprint density at radius 3 is 3.04 bits per heavy atom. The maximum absolute atomic E-state index is 13.4. The van der Waals surface area contributed by atoms with Crippen LogP contribution in [-0.2, 0) is 19.7 Å². The normalized spacial score (nSPS) is 46.0. The molecule has 5 heteroatoms. The predicted molar refractivity (Wildman–Crippen MR) is 98.4 cm³/mol. The molecule has 0 aromatic heterocycles. The minimum Gasteiger partial charge on any atom is -0.373 e. The molecule has 138 valence electrons. The highest BCUT2D eigenvalue weighted by atomic mass is 16.5. The topological polar surface area (TPSA) is 49.9 Å². The van der Waals surface area contributed by atoms with Crippen LogP contribution < -0.4 is 4.90 Å². The number of benzene rings is 1. The summed E-state index contributed by atoms with van der Waals surface area (Å²) in [4.78, 5) is 31.0. The second-order valence-electron chi connectivity index (χ2n) is 9.12. The zero-order valence-electron chi connectivity index (χ0n) is 15.1. The Balaban J connectivity index is 1.62. The monoisotopic (exact) mass is 362 g/mol. The first-order chi connectivity index (χ1) is 13.2. The molecule has 6 atom stereocenters. The summed E-state index contributed by atoms with van der Waals surface area (Å²) < 4.78 is 6.22. The fraction of sp³-hybridized carbons (Fsp3) is 0.545. The number of carbonyl (C=O) groups is 2. The van der Waals surface area contributed by atoms with Gasteiger partial charge in [0.05, 0.1) is 19.1 Å². The smallest absolute Gasteiger partial charge is 0.230 e. The van der Waals surface area contributed by atoms with Crippen molar-refractivity contribution in [2.75, 3.05) is 24.6 Å². The van der Waals surface area contributed by atoms with Crippen molar-refractivity contribution in [2.45, 2.75) is 42.4 Å². The Morgan fingerprint density at radius 2 is 2.15 bits per heavy atom. The summed E-state index contributed by atoms with van der Waals surface area (Å²) in [5, 5.41) is 0. The molecule has 5 heterocycles. The molecule has 1 aromatic carbocycles. The number of fused-ring (bicyclic) bond motifs is 2. The van der Waals surface area contributed by atoms with Gasteiger partial charge in [0, 0.05) is 29.6 Å². The number of aldehydes is 1. The van der Waals surface area contributed by atoms with Crippen LogP contribution in [-0.4, -0.2) is 54.5 Å². The number of carbonyl (C=O) groups excluding carboxylic acids is 2. The molecular formula is C22H22N2O3. The first-order valence-corrected chi connectivity index (χ1v) is 10.2. The average Bonchev–Trinajstić information content (AvgIpc) is 3.13. The van der Waals surface area contributed by atoms with Crippen LogP contribution in [0, 0.1) is 11.8 Å². The van der Waals surface area contributed by atoms with E-state index in [2.05, 4.69) is 23.1 Å². The molecule has 1 spiro atoms. The second kappa shape index (κ2) is 4.53. The van der Waals surface area contributed by atoms with Crippen molar-refractivity contribution in [1.82, 2.24) is 4.90 Å². The zero-order chi connectivity index (χ0) is 18.0. The van der Waals surface area contributed by atoms with Gasteiger partial charge in [0.1, 0.15) is 11.8 Å². The summed E-state index contributed by atoms with van der Waals surface area (Å²) in [5.41, 5.74) is 2.52. The Morgan fingerprint density at radius 1 is 1.26 bits per heavy atom. The van der Waals surface area contributed by atoms with E-state index in [1.54, 1.807) is 0 Å². The average molecular weight is 362 g/mol. The third kappa shape index (κ3) is 1.35. The number of nitrogens with zero attached hydrogens (tertiary/aromatic N) is 2. The lowest BCUT2D eigenvalue weighted by molar-refractivity contribution is -0.149. The Labute approximate surface area is 158 Å². The van der Waals surface area contributed by atoms with Crippen LogP contribution in [0.5, 0.6) is 0 Å². The van der Waals surface area contributed by atoms with Crippen molar-refractivity contribution in [3.05, 3.63) is 41.5 Å². The molecule has 7 rings (SSSR count). The number of ether oxygens (including phenoxy) is 1. The molecule has 27 heavy (non-hydrogen) atoms. The standard InChI is InChI=1S/C22H22N2O3/c25-12-22-20-14-9-18-21(22)6-7-23(18)11-13(14)5-8-27-17(20)10-19(26)24(22)16-4-2-1-3-15(16)21/h1-5,12,14,17-18,20H,6-11H2/t14-,17?,18-,20-,21+,22?/m0/s1. The molecule has 0 radical (unpaired) electrons. The van der Waals surface area contributed by atoms with Crippen molar-refractivity contribution < 1.29 is 14.3 Å². The number of piperidine rings is 2. The third-order valence-corrected chi connectivity index (χ3v) is 8.66. The highest BCUT2D eigenvalue weighted by molar-refractivity contribution is 6.06. The number of hydrogen-bond donors (Lipinski definition) is 0. The first kappa shape index (κ1) is 15.0. The lowest BCUT2D eigenvalue weighted by atomic mass is 9.47. The van der Waals surface area contributed by atoms with Gasteiger partial charge in [0.15, 0.2) is 0 Å². The number of anilines is 1. The SMILES string of the molecule is O=CC12[C@@H]3C4CC(=O)N1c1ccccc1[C@@]21CCN2CC(=CCO4)[C@@H]3C[C@H]21. The fourth-order valence-electron chi connectivity index (χ4n) is 7.98. The van der Waals surface area contributed by atoms with E-state index < -0.39 is 5.54 Å². The van der Waals surface area contributed by atoms with Gasteiger partial charge in [0.25, 0.3) is 0 Å². The van der Waals surface area contributed by atoms with Crippen LogP contribution in [0.2, 0.25) is 0 Å². The molecule has 5 aliphatic heterocycles. The van der Waals surface area contributed by atoms with Crippen LogP contribution in [0.1, 0.15) is 24.8 Å². The molecule has 1 amide bonds. The summed E-state index contributed by atoms with van der Waals surface area (Å²) in [6.07, 6.45) is 5.65. The highest BCUT2D eigenvalue weighted by Gasteiger charge is 2.78. The van der Waals surface area contributed by atoms with Crippen molar-refractivity contribution >= 4 is 17.9 Å². The van der Waals surface area contributed by atoms with Gasteiger partial charge in [0.2, 0.25) is 5.91 Å². The van der Waals surface area contributed by atoms with Gasteiger partial charge in [-0.2, -0.15) is 0 Å². The highest BCUT2D eigenvalue weighted by Crippen LogP contribution is 2.69. The van der Waals surface area contributed by atoms with Crippen molar-refractivity contribution in [3.8, 4) is 0 Å². The van der Waals surface area contributed by atoms with Crippen LogP contribution in [0.4, 0.5) is 5.69 Å². The molecule has 1 aromatic rings. The Hall–Kier alpha value is -1.98. The number of hydrogen-bond acceptors (Lipinski definition) is 4. The molecule has 2 bridgehead atoms. The fourth-order valence-corrected chi connectivity index (χ4v) is 7.98. The predicted octanol–water partition coefficient (Wildman–Crippen LogP) is 1.66. The van der Waals surface area contributed by atoms with Gasteiger partial charge in [-0.3, -0.25) is 14.6 Å². The molecule has 2 unspecified atom stereocenters. The maximum atomic E-state index is 13.4. The van der Waals surface area contributed by atoms with Gasteiger partial charge < -0.3 is 9.53 Å². The van der Waals surface area contributed by atoms with E-state index in [9.17, 15) is 9.59 Å². The summed E-state index contributed by atoms with van der Waals surface area (Å²) in [7, 11) is 0. The quantitative estimate of drug-likeness (QED) is 0.563. The van der Waals surface area contributed by atoms with E-state index in [1.807, 2.05) is 17.0 Å². The lowest BCUT2D eigenvalue weighted by Crippen LogP contribution is -2.78. The van der Waals surface area contributed by atoms with Crippen molar-refractivity contribution in [1.29, 1.82) is 0 Å². The van der Waals surface area contributed by atoms with E-state index in [1.165, 1.54) is 11.1 Å². The second-order valence-corrected chi connectivity index (χ2v) is 9.12. The van der Waals surface area contributed by atoms with Gasteiger partial charge in [-0.05, 0) is 36.9 Å². The third-order valence-electron chi connectivity index (χ3n) is 8.66.